The van der Waals surface area contributed by atoms with E-state index in [1.807, 2.05) is 6.07 Å². The minimum atomic E-state index is -0.330. The highest BCUT2D eigenvalue weighted by Crippen LogP contribution is 2.23. The Kier molecular flexibility index (Phi) is 2.97. The third-order valence-corrected chi connectivity index (χ3v) is 2.02. The molecule has 0 saturated carbocycles. The highest BCUT2D eigenvalue weighted by Gasteiger charge is 2.12. The van der Waals surface area contributed by atoms with Crippen LogP contribution < -0.4 is 0 Å². The SMILES string of the molecule is CC(C)(C)Cc1ccc(Cl)c(F)c1. The van der Waals surface area contributed by atoms with E-state index in [9.17, 15) is 4.39 Å². The molecule has 1 rings (SSSR count). The van der Waals surface area contributed by atoms with E-state index in [0.29, 0.717) is 0 Å². The molecule has 0 amide bonds. The summed E-state index contributed by atoms with van der Waals surface area (Å²) in [6, 6.07) is 4.99. The van der Waals surface area contributed by atoms with E-state index in [0.717, 1.165) is 12.0 Å². The van der Waals surface area contributed by atoms with Gasteiger partial charge in [-0.05, 0) is 29.5 Å². The number of hydrogen-bond acceptors (Lipinski definition) is 0. The molecule has 0 unspecified atom stereocenters. The summed E-state index contributed by atoms with van der Waals surface area (Å²) >= 11 is 5.58. The van der Waals surface area contributed by atoms with Gasteiger partial charge in [0.2, 0.25) is 0 Å². The molecule has 0 spiro atoms. The second-order valence-electron chi connectivity index (χ2n) is 4.49. The van der Waals surface area contributed by atoms with Crippen LogP contribution in [0.4, 0.5) is 4.39 Å². The van der Waals surface area contributed by atoms with Crippen LogP contribution in [0.3, 0.4) is 0 Å². The van der Waals surface area contributed by atoms with E-state index in [1.54, 1.807) is 6.07 Å². The Hall–Kier alpha value is -0.560. The average Bonchev–Trinajstić information content (AvgIpc) is 1.94. The van der Waals surface area contributed by atoms with Gasteiger partial charge in [0.15, 0.2) is 0 Å². The first-order valence-corrected chi connectivity index (χ1v) is 4.70. The highest BCUT2D eigenvalue weighted by molar-refractivity contribution is 6.30. The molecule has 13 heavy (non-hydrogen) atoms. The molecule has 0 aliphatic carbocycles. The molecule has 72 valence electrons. The van der Waals surface area contributed by atoms with Gasteiger partial charge in [-0.1, -0.05) is 38.4 Å². The van der Waals surface area contributed by atoms with Crippen molar-refractivity contribution in [2.45, 2.75) is 27.2 Å². The zero-order chi connectivity index (χ0) is 10.1. The third-order valence-electron chi connectivity index (χ3n) is 1.72. The lowest BCUT2D eigenvalue weighted by Gasteiger charge is -2.18. The first-order chi connectivity index (χ1) is 5.88. The predicted molar refractivity (Wildman–Crippen MR) is 54.6 cm³/mol. The predicted octanol–water partition coefficient (Wildman–Crippen LogP) is 4.07. The Morgan fingerprint density at radius 1 is 1.31 bits per heavy atom. The molecule has 0 aliphatic heterocycles. The van der Waals surface area contributed by atoms with Gasteiger partial charge in [-0.15, -0.1) is 0 Å². The second kappa shape index (κ2) is 3.67. The van der Waals surface area contributed by atoms with Crippen molar-refractivity contribution in [2.75, 3.05) is 0 Å². The molecule has 0 heterocycles. The maximum atomic E-state index is 13.0. The Bertz CT molecular complexity index is 299. The standard InChI is InChI=1S/C11H14ClF/c1-11(2,3)7-8-4-5-9(12)10(13)6-8/h4-6H,7H2,1-3H3. The second-order valence-corrected chi connectivity index (χ2v) is 4.89. The van der Waals surface area contributed by atoms with Crippen molar-refractivity contribution in [3.05, 3.63) is 34.6 Å². The van der Waals surface area contributed by atoms with Crippen LogP contribution in [0.1, 0.15) is 26.3 Å². The average molecular weight is 201 g/mol. The van der Waals surface area contributed by atoms with Crippen LogP contribution in [-0.4, -0.2) is 0 Å². The number of hydrogen-bond donors (Lipinski definition) is 0. The van der Waals surface area contributed by atoms with Crippen molar-refractivity contribution >= 4 is 11.6 Å². The molecule has 0 fully saturated rings. The summed E-state index contributed by atoms with van der Waals surface area (Å²) in [7, 11) is 0. The lowest BCUT2D eigenvalue weighted by atomic mass is 9.88. The summed E-state index contributed by atoms with van der Waals surface area (Å²) in [6.07, 6.45) is 0.862. The number of halogens is 2. The summed E-state index contributed by atoms with van der Waals surface area (Å²) in [5.41, 5.74) is 1.18. The molecule has 0 aromatic heterocycles. The first-order valence-electron chi connectivity index (χ1n) is 4.32. The van der Waals surface area contributed by atoms with Gasteiger partial charge in [0, 0.05) is 0 Å². The fourth-order valence-corrected chi connectivity index (χ4v) is 1.38. The third kappa shape index (κ3) is 3.35. The van der Waals surface area contributed by atoms with E-state index in [4.69, 9.17) is 11.6 Å². The van der Waals surface area contributed by atoms with Gasteiger partial charge >= 0.3 is 0 Å². The van der Waals surface area contributed by atoms with Crippen LogP contribution in [0.25, 0.3) is 0 Å². The van der Waals surface area contributed by atoms with Crippen LogP contribution in [0.2, 0.25) is 5.02 Å². The quantitative estimate of drug-likeness (QED) is 0.641. The molecular formula is C11H14ClF. The maximum Gasteiger partial charge on any atom is 0.142 e. The summed E-state index contributed by atoms with van der Waals surface area (Å²) in [6.45, 7) is 6.37. The van der Waals surface area contributed by atoms with Crippen LogP contribution in [-0.2, 0) is 6.42 Å². The summed E-state index contributed by atoms with van der Waals surface area (Å²) in [4.78, 5) is 0. The van der Waals surface area contributed by atoms with E-state index >= 15 is 0 Å². The van der Waals surface area contributed by atoms with E-state index in [-0.39, 0.29) is 16.3 Å². The first kappa shape index (κ1) is 10.5. The van der Waals surface area contributed by atoms with E-state index in [1.165, 1.54) is 6.07 Å². The molecule has 0 nitrogen and oxygen atoms in total. The van der Waals surface area contributed by atoms with Gasteiger partial charge < -0.3 is 0 Å². The molecule has 1 aromatic carbocycles. The Balaban J connectivity index is 2.86. The monoisotopic (exact) mass is 200 g/mol. The fraction of sp³-hybridized carbons (Fsp3) is 0.455. The van der Waals surface area contributed by atoms with Crippen LogP contribution >= 0.6 is 11.6 Å². The van der Waals surface area contributed by atoms with Gasteiger partial charge in [0.1, 0.15) is 5.82 Å². The fourth-order valence-electron chi connectivity index (χ4n) is 1.26. The summed E-state index contributed by atoms with van der Waals surface area (Å²) in [5.74, 6) is -0.330. The van der Waals surface area contributed by atoms with Crippen LogP contribution in [0.15, 0.2) is 18.2 Å². The van der Waals surface area contributed by atoms with Gasteiger partial charge in [-0.2, -0.15) is 0 Å². The normalized spacial score (nSPS) is 11.8. The van der Waals surface area contributed by atoms with E-state index < -0.39 is 0 Å². The molecule has 0 aliphatic rings. The van der Waals surface area contributed by atoms with Crippen molar-refractivity contribution in [2.24, 2.45) is 5.41 Å². The maximum absolute atomic E-state index is 13.0. The molecule has 0 saturated heterocycles. The Morgan fingerprint density at radius 3 is 2.38 bits per heavy atom. The summed E-state index contributed by atoms with van der Waals surface area (Å²) in [5, 5.41) is 0.192. The molecule has 0 bridgehead atoms. The Morgan fingerprint density at radius 2 is 1.92 bits per heavy atom. The molecule has 0 atom stereocenters. The lowest BCUT2D eigenvalue weighted by molar-refractivity contribution is 0.410. The van der Waals surface area contributed by atoms with Crippen molar-refractivity contribution in [1.82, 2.24) is 0 Å². The number of benzene rings is 1. The molecule has 0 radical (unpaired) electrons. The summed E-state index contributed by atoms with van der Waals surface area (Å²) < 4.78 is 13.0. The molecule has 1 aromatic rings. The van der Waals surface area contributed by atoms with Crippen molar-refractivity contribution in [3.63, 3.8) is 0 Å². The van der Waals surface area contributed by atoms with Gasteiger partial charge in [0.05, 0.1) is 5.02 Å². The zero-order valence-electron chi connectivity index (χ0n) is 8.20. The number of rotatable bonds is 1. The largest absolute Gasteiger partial charge is 0.205 e. The minimum absolute atomic E-state index is 0.181. The van der Waals surface area contributed by atoms with Gasteiger partial charge in [0.25, 0.3) is 0 Å². The Labute approximate surface area is 83.7 Å². The molecule has 0 N–H and O–H groups in total. The van der Waals surface area contributed by atoms with Crippen LogP contribution in [0, 0.1) is 11.2 Å². The highest BCUT2D eigenvalue weighted by atomic mass is 35.5. The molecule has 2 heteroatoms. The van der Waals surface area contributed by atoms with Gasteiger partial charge in [-0.25, -0.2) is 4.39 Å². The van der Waals surface area contributed by atoms with Gasteiger partial charge in [-0.3, -0.25) is 0 Å². The van der Waals surface area contributed by atoms with Crippen molar-refractivity contribution in [1.29, 1.82) is 0 Å². The topological polar surface area (TPSA) is 0 Å². The zero-order valence-corrected chi connectivity index (χ0v) is 8.95. The van der Waals surface area contributed by atoms with Crippen molar-refractivity contribution in [3.8, 4) is 0 Å². The lowest BCUT2D eigenvalue weighted by Crippen LogP contribution is -2.09. The smallest absolute Gasteiger partial charge is 0.142 e. The van der Waals surface area contributed by atoms with Crippen LogP contribution in [0.5, 0.6) is 0 Å². The minimum Gasteiger partial charge on any atom is -0.205 e. The van der Waals surface area contributed by atoms with Crippen molar-refractivity contribution < 1.29 is 4.39 Å². The van der Waals surface area contributed by atoms with E-state index in [2.05, 4.69) is 20.8 Å². The molecular weight excluding hydrogens is 187 g/mol.